The van der Waals surface area contributed by atoms with Gasteiger partial charge in [0, 0.05) is 7.11 Å². The van der Waals surface area contributed by atoms with Crippen molar-refractivity contribution >= 4 is 12.9 Å². The second-order valence-corrected chi connectivity index (χ2v) is 6.11. The predicted molar refractivity (Wildman–Crippen MR) is 68.6 cm³/mol. The molecule has 1 aliphatic carbocycles. The molecule has 0 heterocycles. The van der Waals surface area contributed by atoms with Gasteiger partial charge in [0.2, 0.25) is 0 Å². The van der Waals surface area contributed by atoms with Crippen LogP contribution in [0.1, 0.15) is 19.3 Å². The average molecular weight is 252 g/mol. The molecule has 2 atom stereocenters. The Kier molecular flexibility index (Phi) is 4.16. The van der Waals surface area contributed by atoms with Gasteiger partial charge in [0.25, 0.3) is 0 Å². The van der Waals surface area contributed by atoms with E-state index in [1.165, 1.54) is 7.11 Å². The molecule has 0 saturated carbocycles. The summed E-state index contributed by atoms with van der Waals surface area (Å²) < 4.78 is 23.4. The molecule has 0 bridgehead atoms. The van der Waals surface area contributed by atoms with E-state index in [1.807, 2.05) is 24.3 Å². The minimum Gasteiger partial charge on any atom is -0.309 e. The SMILES string of the molecule is COP(=O)(OC1C=CCCC1)c1ccccc1. The molecule has 3 nitrogen and oxygen atoms in total. The molecular formula is C13H17O3P. The summed E-state index contributed by atoms with van der Waals surface area (Å²) in [4.78, 5) is 0. The highest BCUT2D eigenvalue weighted by molar-refractivity contribution is 7.62. The van der Waals surface area contributed by atoms with Crippen molar-refractivity contribution in [3.05, 3.63) is 42.5 Å². The van der Waals surface area contributed by atoms with Crippen molar-refractivity contribution in [1.29, 1.82) is 0 Å². The monoisotopic (exact) mass is 252 g/mol. The molecule has 92 valence electrons. The van der Waals surface area contributed by atoms with Gasteiger partial charge in [-0.3, -0.25) is 9.09 Å². The van der Waals surface area contributed by atoms with Crippen molar-refractivity contribution < 1.29 is 13.6 Å². The fourth-order valence-electron chi connectivity index (χ4n) is 1.87. The maximum Gasteiger partial charge on any atom is 0.361 e. The van der Waals surface area contributed by atoms with E-state index in [0.29, 0.717) is 5.30 Å². The van der Waals surface area contributed by atoms with Crippen molar-refractivity contribution in [3.63, 3.8) is 0 Å². The lowest BCUT2D eigenvalue weighted by Crippen LogP contribution is -2.17. The van der Waals surface area contributed by atoms with Crippen molar-refractivity contribution in [2.24, 2.45) is 0 Å². The van der Waals surface area contributed by atoms with Crippen LogP contribution in [0, 0.1) is 0 Å². The Morgan fingerprint density at radius 2 is 2.06 bits per heavy atom. The number of hydrogen-bond acceptors (Lipinski definition) is 3. The van der Waals surface area contributed by atoms with Gasteiger partial charge >= 0.3 is 7.60 Å². The zero-order chi connectivity index (χ0) is 12.1. The van der Waals surface area contributed by atoms with Gasteiger partial charge in [-0.2, -0.15) is 0 Å². The number of allylic oxidation sites excluding steroid dienone is 1. The van der Waals surface area contributed by atoms with Gasteiger partial charge in [-0.05, 0) is 31.4 Å². The Bertz CT molecular complexity index is 428. The van der Waals surface area contributed by atoms with E-state index in [9.17, 15) is 4.57 Å². The second kappa shape index (κ2) is 5.63. The van der Waals surface area contributed by atoms with Crippen molar-refractivity contribution in [2.75, 3.05) is 7.11 Å². The van der Waals surface area contributed by atoms with Crippen molar-refractivity contribution in [1.82, 2.24) is 0 Å². The Morgan fingerprint density at radius 1 is 1.29 bits per heavy atom. The molecule has 0 N–H and O–H groups in total. The van der Waals surface area contributed by atoms with E-state index in [2.05, 4.69) is 6.08 Å². The van der Waals surface area contributed by atoms with Gasteiger partial charge in [-0.15, -0.1) is 0 Å². The van der Waals surface area contributed by atoms with Crippen LogP contribution in [0.5, 0.6) is 0 Å². The summed E-state index contributed by atoms with van der Waals surface area (Å²) in [5, 5.41) is 0.612. The van der Waals surface area contributed by atoms with Gasteiger partial charge in [0.1, 0.15) is 0 Å². The zero-order valence-electron chi connectivity index (χ0n) is 9.91. The molecule has 17 heavy (non-hydrogen) atoms. The van der Waals surface area contributed by atoms with Crippen LogP contribution < -0.4 is 5.30 Å². The quantitative estimate of drug-likeness (QED) is 0.609. The van der Waals surface area contributed by atoms with Crippen molar-refractivity contribution in [3.8, 4) is 0 Å². The molecule has 0 spiro atoms. The molecule has 2 unspecified atom stereocenters. The number of rotatable bonds is 4. The summed E-state index contributed by atoms with van der Waals surface area (Å²) in [5.74, 6) is 0. The zero-order valence-corrected chi connectivity index (χ0v) is 10.8. The van der Waals surface area contributed by atoms with Crippen LogP contribution in [0.25, 0.3) is 0 Å². The third-order valence-corrected chi connectivity index (χ3v) is 4.76. The summed E-state index contributed by atoms with van der Waals surface area (Å²) in [6, 6.07) is 9.10. The fraction of sp³-hybridized carbons (Fsp3) is 0.385. The minimum absolute atomic E-state index is 0.102. The third-order valence-electron chi connectivity index (χ3n) is 2.80. The molecule has 0 fully saturated rings. The van der Waals surface area contributed by atoms with E-state index in [0.717, 1.165) is 19.3 Å². The first-order valence-corrected chi connectivity index (χ1v) is 7.35. The van der Waals surface area contributed by atoms with Crippen LogP contribution in [0.15, 0.2) is 42.5 Å². The molecule has 0 saturated heterocycles. The summed E-state index contributed by atoms with van der Waals surface area (Å²) in [5.41, 5.74) is 0. The maximum absolute atomic E-state index is 12.6. The van der Waals surface area contributed by atoms with Crippen molar-refractivity contribution in [2.45, 2.75) is 25.4 Å². The van der Waals surface area contributed by atoms with E-state index in [4.69, 9.17) is 9.05 Å². The average Bonchev–Trinajstić information content (AvgIpc) is 2.41. The first-order valence-electron chi connectivity index (χ1n) is 5.81. The highest BCUT2D eigenvalue weighted by Gasteiger charge is 2.29. The largest absolute Gasteiger partial charge is 0.361 e. The Labute approximate surface area is 102 Å². The molecule has 0 radical (unpaired) electrons. The molecule has 1 aliphatic rings. The normalized spacial score (nSPS) is 23.2. The Balaban J connectivity index is 2.17. The molecule has 0 aromatic heterocycles. The summed E-state index contributed by atoms with van der Waals surface area (Å²) in [6.07, 6.45) is 6.98. The lowest BCUT2D eigenvalue weighted by molar-refractivity contribution is 0.188. The van der Waals surface area contributed by atoms with Gasteiger partial charge in [-0.1, -0.05) is 30.4 Å². The highest BCUT2D eigenvalue weighted by atomic mass is 31.2. The van der Waals surface area contributed by atoms with Gasteiger partial charge in [0.15, 0.2) is 0 Å². The molecule has 0 amide bonds. The smallest absolute Gasteiger partial charge is 0.309 e. The third kappa shape index (κ3) is 3.06. The Hall–Kier alpha value is -0.890. The molecule has 4 heteroatoms. The van der Waals surface area contributed by atoms with E-state index in [-0.39, 0.29) is 6.10 Å². The minimum atomic E-state index is -3.17. The van der Waals surface area contributed by atoms with Gasteiger partial charge < -0.3 is 4.52 Å². The van der Waals surface area contributed by atoms with Crippen LogP contribution in [-0.2, 0) is 13.6 Å². The highest BCUT2D eigenvalue weighted by Crippen LogP contribution is 2.48. The summed E-state index contributed by atoms with van der Waals surface area (Å²) in [6.45, 7) is 0. The lowest BCUT2D eigenvalue weighted by Gasteiger charge is -2.23. The van der Waals surface area contributed by atoms with Crippen LogP contribution in [0.3, 0.4) is 0 Å². The van der Waals surface area contributed by atoms with Crippen LogP contribution in [0.2, 0.25) is 0 Å². The fourth-order valence-corrected chi connectivity index (χ4v) is 3.36. The summed E-state index contributed by atoms with van der Waals surface area (Å²) in [7, 11) is -1.74. The molecule has 1 aromatic carbocycles. The van der Waals surface area contributed by atoms with Crippen LogP contribution in [-0.4, -0.2) is 13.2 Å². The van der Waals surface area contributed by atoms with Crippen LogP contribution in [0.4, 0.5) is 0 Å². The Morgan fingerprint density at radius 3 is 2.65 bits per heavy atom. The van der Waals surface area contributed by atoms with E-state index >= 15 is 0 Å². The number of benzene rings is 1. The first kappa shape index (κ1) is 12.6. The molecule has 0 aliphatic heterocycles. The van der Waals surface area contributed by atoms with Gasteiger partial charge in [0.05, 0.1) is 11.4 Å². The maximum atomic E-state index is 12.6. The lowest BCUT2D eigenvalue weighted by atomic mass is 10.1. The molecule has 2 rings (SSSR count). The summed E-state index contributed by atoms with van der Waals surface area (Å²) >= 11 is 0. The number of hydrogen-bond donors (Lipinski definition) is 0. The molecule has 1 aromatic rings. The first-order chi connectivity index (χ1) is 8.24. The van der Waals surface area contributed by atoms with E-state index < -0.39 is 7.60 Å². The predicted octanol–water partition coefficient (Wildman–Crippen LogP) is 3.28. The topological polar surface area (TPSA) is 35.5 Å². The molecular weight excluding hydrogens is 235 g/mol. The second-order valence-electron chi connectivity index (χ2n) is 4.02. The van der Waals surface area contributed by atoms with E-state index in [1.54, 1.807) is 12.1 Å². The van der Waals surface area contributed by atoms with Crippen LogP contribution >= 0.6 is 7.60 Å². The standard InChI is InChI=1S/C13H17O3P/c1-15-17(14,13-10-6-3-7-11-13)16-12-8-4-2-5-9-12/h3-4,6-8,10-12H,2,5,9H2,1H3. The van der Waals surface area contributed by atoms with Gasteiger partial charge in [-0.25, -0.2) is 0 Å².